The molecule has 1 aromatic carbocycles. The Labute approximate surface area is 181 Å². The van der Waals surface area contributed by atoms with E-state index in [0.29, 0.717) is 24.1 Å². The minimum Gasteiger partial charge on any atom is -0.493 e. The van der Waals surface area contributed by atoms with Crippen LogP contribution in [0.2, 0.25) is 0 Å². The number of hydrogen-bond acceptors (Lipinski definition) is 7. The lowest BCUT2D eigenvalue weighted by molar-refractivity contribution is -0.138. The molecule has 8 nitrogen and oxygen atoms in total. The molecule has 8 heteroatoms. The van der Waals surface area contributed by atoms with E-state index < -0.39 is 5.97 Å². The number of aliphatic imine (C=N–C) groups is 1. The van der Waals surface area contributed by atoms with Gasteiger partial charge in [0.05, 0.1) is 32.6 Å². The molecule has 1 saturated carbocycles. The number of rotatable bonds is 7. The van der Waals surface area contributed by atoms with Crippen LogP contribution in [0.15, 0.2) is 29.5 Å². The van der Waals surface area contributed by atoms with Crippen molar-refractivity contribution in [1.29, 1.82) is 0 Å². The van der Waals surface area contributed by atoms with Gasteiger partial charge in [-0.25, -0.2) is 9.97 Å². The Morgan fingerprint density at radius 1 is 1.13 bits per heavy atom. The van der Waals surface area contributed by atoms with Crippen LogP contribution < -0.4 is 14.2 Å². The quantitative estimate of drug-likeness (QED) is 0.724. The topological polar surface area (TPSA) is 103 Å². The summed E-state index contributed by atoms with van der Waals surface area (Å²) in [4.78, 5) is 24.9. The standard InChI is InChI=1S/C23H27N3O5/c1-4-31-20-9-15-16-7-13(8-21(27)28)5-6-18(16)26-22(17(15)10-19(20)29-2)14-11-24-23(30-3)25-12-14/h9-13,16,18H,4-8H2,1-3H3,(H,27,28)/t13-,16-,18-/m1/s1. The molecule has 164 valence electrons. The summed E-state index contributed by atoms with van der Waals surface area (Å²) in [6, 6.07) is 4.38. The van der Waals surface area contributed by atoms with Crippen molar-refractivity contribution < 1.29 is 24.1 Å². The van der Waals surface area contributed by atoms with E-state index in [4.69, 9.17) is 19.2 Å². The van der Waals surface area contributed by atoms with Crippen molar-refractivity contribution in [1.82, 2.24) is 9.97 Å². The number of ether oxygens (including phenoxy) is 3. The molecule has 4 rings (SSSR count). The summed E-state index contributed by atoms with van der Waals surface area (Å²) in [6.45, 7) is 2.46. The van der Waals surface area contributed by atoms with E-state index in [-0.39, 0.29) is 24.3 Å². The Morgan fingerprint density at radius 2 is 1.90 bits per heavy atom. The highest BCUT2D eigenvalue weighted by molar-refractivity contribution is 6.14. The fraction of sp³-hybridized carbons (Fsp3) is 0.478. The van der Waals surface area contributed by atoms with E-state index >= 15 is 0 Å². The van der Waals surface area contributed by atoms with Crippen molar-refractivity contribution >= 4 is 11.7 Å². The van der Waals surface area contributed by atoms with Gasteiger partial charge < -0.3 is 19.3 Å². The lowest BCUT2D eigenvalue weighted by atomic mass is 9.70. The predicted molar refractivity (Wildman–Crippen MR) is 115 cm³/mol. The molecule has 0 spiro atoms. The van der Waals surface area contributed by atoms with Crippen LogP contribution in [0.1, 0.15) is 55.2 Å². The molecule has 1 aromatic heterocycles. The molecule has 3 atom stereocenters. The molecule has 0 amide bonds. The van der Waals surface area contributed by atoms with E-state index in [1.54, 1.807) is 19.5 Å². The molecule has 31 heavy (non-hydrogen) atoms. The first kappa shape index (κ1) is 21.1. The molecule has 1 aliphatic carbocycles. The maximum atomic E-state index is 11.3. The van der Waals surface area contributed by atoms with Gasteiger partial charge >= 0.3 is 12.0 Å². The summed E-state index contributed by atoms with van der Waals surface area (Å²) >= 11 is 0. The van der Waals surface area contributed by atoms with Crippen LogP contribution >= 0.6 is 0 Å². The van der Waals surface area contributed by atoms with Gasteiger partial charge in [0.15, 0.2) is 11.5 Å². The zero-order chi connectivity index (χ0) is 22.0. The Morgan fingerprint density at radius 3 is 2.55 bits per heavy atom. The number of nitrogens with zero attached hydrogens (tertiary/aromatic N) is 3. The van der Waals surface area contributed by atoms with Crippen LogP contribution in [0.5, 0.6) is 17.5 Å². The molecule has 2 aromatic rings. The monoisotopic (exact) mass is 425 g/mol. The van der Waals surface area contributed by atoms with E-state index in [9.17, 15) is 9.90 Å². The first-order valence-electron chi connectivity index (χ1n) is 10.5. The number of methoxy groups -OCH3 is 2. The van der Waals surface area contributed by atoms with Crippen LogP contribution in [-0.4, -0.2) is 53.6 Å². The minimum absolute atomic E-state index is 0.0810. The second kappa shape index (κ2) is 8.91. The first-order valence-corrected chi connectivity index (χ1v) is 10.5. The SMILES string of the molecule is CCOc1cc2c(cc1OC)C(c1cnc(OC)nc1)=N[C@@H]1CC[C@@H](CC(=O)O)C[C@H]21. The number of fused-ring (bicyclic) bond motifs is 3. The van der Waals surface area contributed by atoms with Crippen LogP contribution in [0.25, 0.3) is 0 Å². The van der Waals surface area contributed by atoms with Crippen molar-refractivity contribution in [3.8, 4) is 17.5 Å². The van der Waals surface area contributed by atoms with Gasteiger partial charge in [-0.1, -0.05) is 0 Å². The molecular formula is C23H27N3O5. The average molecular weight is 425 g/mol. The van der Waals surface area contributed by atoms with Crippen molar-refractivity contribution in [2.45, 2.75) is 44.6 Å². The van der Waals surface area contributed by atoms with Crippen LogP contribution in [0, 0.1) is 5.92 Å². The molecule has 0 saturated heterocycles. The van der Waals surface area contributed by atoms with Gasteiger partial charge in [0, 0.05) is 35.9 Å². The number of aliphatic carboxylic acids is 1. The average Bonchev–Trinajstić information content (AvgIpc) is 2.78. The van der Waals surface area contributed by atoms with Crippen LogP contribution in [0.4, 0.5) is 0 Å². The lowest BCUT2D eigenvalue weighted by Gasteiger charge is -2.38. The van der Waals surface area contributed by atoms with Gasteiger partial charge in [-0.2, -0.15) is 0 Å². The Bertz CT molecular complexity index is 989. The molecule has 0 radical (unpaired) electrons. The molecule has 0 bridgehead atoms. The van der Waals surface area contributed by atoms with Crippen molar-refractivity contribution in [3.05, 3.63) is 41.2 Å². The highest BCUT2D eigenvalue weighted by Crippen LogP contribution is 2.46. The largest absolute Gasteiger partial charge is 0.493 e. The third-order valence-electron chi connectivity index (χ3n) is 6.06. The van der Waals surface area contributed by atoms with Gasteiger partial charge in [0.2, 0.25) is 0 Å². The van der Waals surface area contributed by atoms with Crippen LogP contribution in [0.3, 0.4) is 0 Å². The van der Waals surface area contributed by atoms with Gasteiger partial charge in [-0.15, -0.1) is 0 Å². The molecule has 1 aliphatic heterocycles. The van der Waals surface area contributed by atoms with Gasteiger partial charge in [-0.3, -0.25) is 9.79 Å². The Balaban J connectivity index is 1.80. The third kappa shape index (κ3) is 4.19. The minimum atomic E-state index is -0.746. The molecule has 2 heterocycles. The fourth-order valence-corrected chi connectivity index (χ4v) is 4.69. The smallest absolute Gasteiger partial charge is 0.316 e. The third-order valence-corrected chi connectivity index (χ3v) is 6.06. The van der Waals surface area contributed by atoms with E-state index in [1.807, 2.05) is 19.1 Å². The molecule has 2 aliphatic rings. The highest BCUT2D eigenvalue weighted by atomic mass is 16.5. The number of benzene rings is 1. The maximum Gasteiger partial charge on any atom is 0.316 e. The normalized spacial score (nSPS) is 22.0. The summed E-state index contributed by atoms with van der Waals surface area (Å²) < 4.78 is 16.5. The number of carboxylic acid groups (broad SMARTS) is 1. The molecule has 1 fully saturated rings. The van der Waals surface area contributed by atoms with E-state index in [1.165, 1.54) is 7.11 Å². The van der Waals surface area contributed by atoms with Gasteiger partial charge in [0.1, 0.15) is 0 Å². The first-order chi connectivity index (χ1) is 15.0. The molecule has 1 N–H and O–H groups in total. The second-order valence-corrected chi connectivity index (χ2v) is 7.91. The highest BCUT2D eigenvalue weighted by Gasteiger charge is 2.38. The Hall–Kier alpha value is -3.16. The maximum absolute atomic E-state index is 11.3. The van der Waals surface area contributed by atoms with Crippen LogP contribution in [-0.2, 0) is 4.79 Å². The summed E-state index contributed by atoms with van der Waals surface area (Å²) in [5, 5.41) is 9.28. The molecular weight excluding hydrogens is 398 g/mol. The van der Waals surface area contributed by atoms with E-state index in [0.717, 1.165) is 41.7 Å². The van der Waals surface area contributed by atoms with Crippen molar-refractivity contribution in [2.75, 3.05) is 20.8 Å². The van der Waals surface area contributed by atoms with Gasteiger partial charge in [0.25, 0.3) is 0 Å². The van der Waals surface area contributed by atoms with Crippen molar-refractivity contribution in [2.24, 2.45) is 10.9 Å². The second-order valence-electron chi connectivity index (χ2n) is 7.91. The van der Waals surface area contributed by atoms with E-state index in [2.05, 4.69) is 9.97 Å². The van der Waals surface area contributed by atoms with Gasteiger partial charge in [-0.05, 0) is 49.8 Å². The number of carboxylic acids is 1. The predicted octanol–water partition coefficient (Wildman–Crippen LogP) is 3.47. The lowest BCUT2D eigenvalue weighted by Crippen LogP contribution is -2.33. The summed E-state index contributed by atoms with van der Waals surface area (Å²) in [7, 11) is 3.15. The fourth-order valence-electron chi connectivity index (χ4n) is 4.69. The summed E-state index contributed by atoms with van der Waals surface area (Å²) in [5.74, 6) is 0.865. The zero-order valence-corrected chi connectivity index (χ0v) is 18.0. The number of aromatic nitrogens is 2. The molecule has 0 unspecified atom stereocenters. The summed E-state index contributed by atoms with van der Waals surface area (Å²) in [6.07, 6.45) is 6.11. The summed E-state index contributed by atoms with van der Waals surface area (Å²) in [5.41, 5.74) is 3.69. The number of carbonyl (C=O) groups is 1. The number of hydrogen-bond donors (Lipinski definition) is 1. The Kier molecular flexibility index (Phi) is 6.06. The van der Waals surface area contributed by atoms with Crippen molar-refractivity contribution in [3.63, 3.8) is 0 Å². The zero-order valence-electron chi connectivity index (χ0n) is 18.0.